The van der Waals surface area contributed by atoms with Crippen molar-refractivity contribution < 1.29 is 19.2 Å². The maximum absolute atomic E-state index is 12.8. The van der Waals surface area contributed by atoms with Gasteiger partial charge in [0.2, 0.25) is 5.78 Å². The molecule has 0 aromatic heterocycles. The summed E-state index contributed by atoms with van der Waals surface area (Å²) in [5.41, 5.74) is 0.890. The summed E-state index contributed by atoms with van der Waals surface area (Å²) in [5, 5.41) is 21.5. The van der Waals surface area contributed by atoms with Crippen molar-refractivity contribution in [2.75, 3.05) is 7.11 Å². The lowest BCUT2D eigenvalue weighted by molar-refractivity contribution is -0.384. The van der Waals surface area contributed by atoms with Crippen molar-refractivity contribution in [1.29, 1.82) is 5.26 Å². The smallest absolute Gasteiger partial charge is 0.270 e. The fourth-order valence-corrected chi connectivity index (χ4v) is 4.23. The molecule has 172 valence electrons. The van der Waals surface area contributed by atoms with E-state index in [2.05, 4.69) is 22.6 Å². The van der Waals surface area contributed by atoms with E-state index >= 15 is 0 Å². The molecule has 3 aromatic rings. The van der Waals surface area contributed by atoms with E-state index in [0.717, 1.165) is 11.6 Å². The van der Waals surface area contributed by atoms with Crippen molar-refractivity contribution in [3.63, 3.8) is 0 Å². The zero-order valence-corrected chi connectivity index (χ0v) is 21.2. The average Bonchev–Trinajstić information content (AvgIpc) is 2.82. The number of nitro groups is 1. The molecule has 0 unspecified atom stereocenters. The Morgan fingerprint density at radius 1 is 1.21 bits per heavy atom. The van der Waals surface area contributed by atoms with E-state index in [1.165, 1.54) is 31.4 Å². The van der Waals surface area contributed by atoms with E-state index in [1.54, 1.807) is 30.3 Å². The lowest BCUT2D eigenvalue weighted by atomic mass is 10.0. The molecular weight excluding hydrogens is 594 g/mol. The standard InChI is InChI=1S/C24H15Cl2IN2O5/c1-33-22-9-14(7-17(12-28)23(30)15-3-2-4-19(10-15)29(31)32)8-21(27)24(22)34-13-16-5-6-18(25)11-20(16)26/h2-11H,13H2,1H3/b17-7+. The summed E-state index contributed by atoms with van der Waals surface area (Å²) in [6.07, 6.45) is 1.39. The number of rotatable bonds is 8. The fourth-order valence-electron chi connectivity index (χ4n) is 2.98. The summed E-state index contributed by atoms with van der Waals surface area (Å²) in [6.45, 7) is 0.173. The maximum atomic E-state index is 12.8. The highest BCUT2D eigenvalue weighted by Crippen LogP contribution is 2.36. The molecule has 0 heterocycles. The van der Waals surface area contributed by atoms with Crippen LogP contribution in [-0.2, 0) is 6.61 Å². The number of nitriles is 1. The second-order valence-electron chi connectivity index (χ2n) is 6.86. The van der Waals surface area contributed by atoms with Crippen molar-refractivity contribution in [2.45, 2.75) is 6.61 Å². The lowest BCUT2D eigenvalue weighted by Gasteiger charge is -2.14. The van der Waals surface area contributed by atoms with Gasteiger partial charge >= 0.3 is 0 Å². The minimum Gasteiger partial charge on any atom is -0.493 e. The van der Waals surface area contributed by atoms with Crippen LogP contribution in [0.5, 0.6) is 11.5 Å². The van der Waals surface area contributed by atoms with Gasteiger partial charge in [-0.05, 0) is 58.5 Å². The number of methoxy groups -OCH3 is 1. The van der Waals surface area contributed by atoms with Gasteiger partial charge in [-0.1, -0.05) is 41.4 Å². The van der Waals surface area contributed by atoms with Crippen molar-refractivity contribution in [1.82, 2.24) is 0 Å². The SMILES string of the molecule is COc1cc(/C=C(\C#N)C(=O)c2cccc([N+](=O)[O-])c2)cc(I)c1OCc1ccc(Cl)cc1Cl. The van der Waals surface area contributed by atoms with Crippen molar-refractivity contribution >= 4 is 63.3 Å². The Balaban J connectivity index is 1.90. The number of nitro benzene ring substituents is 1. The van der Waals surface area contributed by atoms with E-state index in [1.807, 2.05) is 6.07 Å². The molecule has 34 heavy (non-hydrogen) atoms. The molecule has 0 atom stereocenters. The van der Waals surface area contributed by atoms with E-state index in [9.17, 15) is 20.2 Å². The van der Waals surface area contributed by atoms with E-state index in [0.29, 0.717) is 30.7 Å². The quantitative estimate of drug-likeness (QED) is 0.0689. The molecule has 0 saturated heterocycles. The lowest BCUT2D eigenvalue weighted by Crippen LogP contribution is -2.03. The number of carbonyl (C=O) groups is 1. The van der Waals surface area contributed by atoms with Gasteiger partial charge in [-0.2, -0.15) is 5.26 Å². The number of ether oxygens (including phenoxy) is 2. The molecule has 0 fully saturated rings. The van der Waals surface area contributed by atoms with Gasteiger partial charge in [0.05, 0.1) is 15.6 Å². The van der Waals surface area contributed by atoms with Crippen LogP contribution in [0.1, 0.15) is 21.5 Å². The van der Waals surface area contributed by atoms with Gasteiger partial charge in [0.25, 0.3) is 5.69 Å². The van der Waals surface area contributed by atoms with Gasteiger partial charge in [-0.15, -0.1) is 0 Å². The normalized spacial score (nSPS) is 11.0. The summed E-state index contributed by atoms with van der Waals surface area (Å²) in [6, 6.07) is 15.5. The molecule has 0 aliphatic heterocycles. The summed E-state index contributed by atoms with van der Waals surface area (Å²) < 4.78 is 12.1. The molecule has 0 N–H and O–H groups in total. The zero-order valence-electron chi connectivity index (χ0n) is 17.6. The predicted octanol–water partition coefficient (Wildman–Crippen LogP) is 6.88. The number of nitrogens with zero attached hydrogens (tertiary/aromatic N) is 2. The maximum Gasteiger partial charge on any atom is 0.270 e. The number of allylic oxidation sites excluding steroid dienone is 1. The summed E-state index contributed by atoms with van der Waals surface area (Å²) in [4.78, 5) is 23.2. The van der Waals surface area contributed by atoms with Crippen LogP contribution in [0.3, 0.4) is 0 Å². The molecule has 0 bridgehead atoms. The van der Waals surface area contributed by atoms with Crippen LogP contribution in [0.25, 0.3) is 6.08 Å². The minimum absolute atomic E-state index is 0.0449. The Hall–Kier alpha value is -3.13. The number of carbonyl (C=O) groups excluding carboxylic acids is 1. The van der Waals surface area contributed by atoms with Gasteiger partial charge < -0.3 is 9.47 Å². The van der Waals surface area contributed by atoms with Crippen molar-refractivity contribution in [3.8, 4) is 17.6 Å². The van der Waals surface area contributed by atoms with Crippen LogP contribution in [0.15, 0.2) is 60.2 Å². The first-order chi connectivity index (χ1) is 16.2. The third-order valence-electron chi connectivity index (χ3n) is 4.63. The monoisotopic (exact) mass is 608 g/mol. The second-order valence-corrected chi connectivity index (χ2v) is 8.87. The number of halogens is 3. The number of hydrogen-bond donors (Lipinski definition) is 0. The molecular formula is C24H15Cl2IN2O5. The average molecular weight is 609 g/mol. The Morgan fingerprint density at radius 3 is 2.62 bits per heavy atom. The first-order valence-corrected chi connectivity index (χ1v) is 11.4. The molecule has 7 nitrogen and oxygen atoms in total. The summed E-state index contributed by atoms with van der Waals surface area (Å²) >= 11 is 14.2. The number of ketones is 1. The van der Waals surface area contributed by atoms with Crippen LogP contribution in [0, 0.1) is 25.0 Å². The highest BCUT2D eigenvalue weighted by Gasteiger charge is 2.17. The third kappa shape index (κ3) is 6.05. The Kier molecular flexibility index (Phi) is 8.50. The third-order valence-corrected chi connectivity index (χ3v) is 6.02. The topological polar surface area (TPSA) is 102 Å². The van der Waals surface area contributed by atoms with Crippen LogP contribution in [0.4, 0.5) is 5.69 Å². The second kappa shape index (κ2) is 11.3. The highest BCUT2D eigenvalue weighted by molar-refractivity contribution is 14.1. The number of benzene rings is 3. The number of hydrogen-bond acceptors (Lipinski definition) is 6. The van der Waals surface area contributed by atoms with Gasteiger partial charge in [0.1, 0.15) is 18.2 Å². The van der Waals surface area contributed by atoms with E-state index in [-0.39, 0.29) is 23.4 Å². The molecule has 0 aliphatic rings. The Morgan fingerprint density at radius 2 is 1.97 bits per heavy atom. The van der Waals surface area contributed by atoms with E-state index in [4.69, 9.17) is 32.7 Å². The first-order valence-electron chi connectivity index (χ1n) is 9.58. The largest absolute Gasteiger partial charge is 0.493 e. The number of non-ortho nitro benzene ring substituents is 1. The van der Waals surface area contributed by atoms with Gasteiger partial charge in [-0.25, -0.2) is 0 Å². The highest BCUT2D eigenvalue weighted by atomic mass is 127. The Labute approximate surface area is 218 Å². The number of Topliss-reactive ketones (excluding diaryl/α,β-unsaturated/α-hetero) is 1. The molecule has 10 heteroatoms. The van der Waals surface area contributed by atoms with Crippen molar-refractivity contribution in [3.05, 3.63) is 101 Å². The summed E-state index contributed by atoms with van der Waals surface area (Å²) in [5.74, 6) is 0.232. The molecule has 3 aromatic carbocycles. The van der Waals surface area contributed by atoms with Crippen LogP contribution in [0.2, 0.25) is 10.0 Å². The molecule has 0 saturated carbocycles. The van der Waals surface area contributed by atoms with Gasteiger partial charge in [0, 0.05) is 33.3 Å². The van der Waals surface area contributed by atoms with Gasteiger partial charge in [0.15, 0.2) is 11.5 Å². The van der Waals surface area contributed by atoms with Crippen LogP contribution in [-0.4, -0.2) is 17.8 Å². The van der Waals surface area contributed by atoms with Crippen LogP contribution < -0.4 is 9.47 Å². The molecule has 0 amide bonds. The fraction of sp³-hybridized carbons (Fsp3) is 0.0833. The minimum atomic E-state index is -0.627. The Bertz CT molecular complexity index is 1350. The summed E-state index contributed by atoms with van der Waals surface area (Å²) in [7, 11) is 1.47. The van der Waals surface area contributed by atoms with E-state index < -0.39 is 10.7 Å². The van der Waals surface area contributed by atoms with Crippen molar-refractivity contribution in [2.24, 2.45) is 0 Å². The first kappa shape index (κ1) is 25.5. The molecule has 0 aliphatic carbocycles. The predicted molar refractivity (Wildman–Crippen MR) is 138 cm³/mol. The molecule has 3 rings (SSSR count). The van der Waals surface area contributed by atoms with Crippen LogP contribution >= 0.6 is 45.8 Å². The zero-order chi connectivity index (χ0) is 24.8. The molecule has 0 radical (unpaired) electrons. The molecule has 0 spiro atoms. The van der Waals surface area contributed by atoms with Gasteiger partial charge in [-0.3, -0.25) is 14.9 Å².